The highest BCUT2D eigenvalue weighted by molar-refractivity contribution is 6.28. The fraction of sp³-hybridized carbons (Fsp3) is 0.429. The standard InChI is InChI=1S/C7H11ClN4O/c8-7-11-4-5(9)6(12-7)10-2-1-3-13/h4,13H,1-3,9H2,(H,10,11,12). The summed E-state index contributed by atoms with van der Waals surface area (Å²) < 4.78 is 0. The maximum atomic E-state index is 8.54. The zero-order valence-corrected chi connectivity index (χ0v) is 7.75. The summed E-state index contributed by atoms with van der Waals surface area (Å²) in [6.45, 7) is 0.736. The van der Waals surface area contributed by atoms with Gasteiger partial charge in [0, 0.05) is 13.2 Å². The summed E-state index contributed by atoms with van der Waals surface area (Å²) in [6, 6.07) is 0. The first-order valence-electron chi connectivity index (χ1n) is 3.87. The third kappa shape index (κ3) is 3.04. The molecule has 13 heavy (non-hydrogen) atoms. The van der Waals surface area contributed by atoms with Gasteiger partial charge in [0.1, 0.15) is 0 Å². The van der Waals surface area contributed by atoms with Crippen LogP contribution in [0.15, 0.2) is 6.20 Å². The van der Waals surface area contributed by atoms with E-state index in [1.54, 1.807) is 0 Å². The van der Waals surface area contributed by atoms with Gasteiger partial charge in [-0.1, -0.05) is 0 Å². The number of aromatic nitrogens is 2. The van der Waals surface area contributed by atoms with E-state index < -0.39 is 0 Å². The Hall–Kier alpha value is -1.07. The van der Waals surface area contributed by atoms with Gasteiger partial charge >= 0.3 is 0 Å². The van der Waals surface area contributed by atoms with Crippen LogP contribution in [0.4, 0.5) is 11.5 Å². The molecule has 4 N–H and O–H groups in total. The van der Waals surface area contributed by atoms with Gasteiger partial charge < -0.3 is 16.2 Å². The number of halogens is 1. The molecule has 0 atom stereocenters. The van der Waals surface area contributed by atoms with E-state index in [4.69, 9.17) is 22.4 Å². The van der Waals surface area contributed by atoms with Gasteiger partial charge in [0.25, 0.3) is 0 Å². The Morgan fingerprint density at radius 1 is 1.62 bits per heavy atom. The third-order valence-corrected chi connectivity index (χ3v) is 1.60. The zero-order chi connectivity index (χ0) is 9.68. The summed E-state index contributed by atoms with van der Waals surface area (Å²) in [5, 5.41) is 11.6. The zero-order valence-electron chi connectivity index (χ0n) is 7.00. The van der Waals surface area contributed by atoms with E-state index in [1.165, 1.54) is 6.20 Å². The number of nitrogens with two attached hydrogens (primary N) is 1. The van der Waals surface area contributed by atoms with Crippen molar-refractivity contribution in [2.24, 2.45) is 0 Å². The summed E-state index contributed by atoms with van der Waals surface area (Å²) in [6.07, 6.45) is 2.08. The highest BCUT2D eigenvalue weighted by atomic mass is 35.5. The minimum atomic E-state index is 0.131. The predicted octanol–water partition coefficient (Wildman–Crippen LogP) is 0.507. The molecule has 1 heterocycles. The number of anilines is 2. The fourth-order valence-corrected chi connectivity index (χ4v) is 0.930. The van der Waals surface area contributed by atoms with Crippen molar-refractivity contribution in [3.05, 3.63) is 11.5 Å². The van der Waals surface area contributed by atoms with E-state index in [2.05, 4.69) is 15.3 Å². The van der Waals surface area contributed by atoms with Crippen LogP contribution in [0, 0.1) is 0 Å². The molecule has 0 bridgehead atoms. The first-order chi connectivity index (χ1) is 6.24. The lowest BCUT2D eigenvalue weighted by Gasteiger charge is -2.06. The highest BCUT2D eigenvalue weighted by Gasteiger charge is 2.01. The van der Waals surface area contributed by atoms with Crippen molar-refractivity contribution in [2.45, 2.75) is 6.42 Å². The molecule has 0 spiro atoms. The average Bonchev–Trinajstić information content (AvgIpc) is 2.11. The van der Waals surface area contributed by atoms with Gasteiger partial charge in [-0.25, -0.2) is 4.98 Å². The monoisotopic (exact) mass is 202 g/mol. The topological polar surface area (TPSA) is 84.1 Å². The molecule has 5 nitrogen and oxygen atoms in total. The Morgan fingerprint density at radius 2 is 2.38 bits per heavy atom. The minimum Gasteiger partial charge on any atom is -0.396 e. The molecule has 1 rings (SSSR count). The van der Waals surface area contributed by atoms with Gasteiger partial charge in [-0.15, -0.1) is 0 Å². The van der Waals surface area contributed by atoms with Crippen LogP contribution >= 0.6 is 11.6 Å². The van der Waals surface area contributed by atoms with Crippen molar-refractivity contribution < 1.29 is 5.11 Å². The van der Waals surface area contributed by atoms with Crippen LogP contribution in [0.2, 0.25) is 5.28 Å². The van der Waals surface area contributed by atoms with Crippen molar-refractivity contribution in [1.29, 1.82) is 0 Å². The molecule has 0 saturated carbocycles. The Morgan fingerprint density at radius 3 is 3.08 bits per heavy atom. The Labute approximate surface area is 81.0 Å². The minimum absolute atomic E-state index is 0.131. The van der Waals surface area contributed by atoms with E-state index in [9.17, 15) is 0 Å². The summed E-state index contributed by atoms with van der Waals surface area (Å²) in [5.41, 5.74) is 6.01. The van der Waals surface area contributed by atoms with Gasteiger partial charge in [-0.2, -0.15) is 4.98 Å². The summed E-state index contributed by atoms with van der Waals surface area (Å²) in [4.78, 5) is 7.59. The fourth-order valence-electron chi connectivity index (χ4n) is 0.797. The molecule has 0 aliphatic heterocycles. The smallest absolute Gasteiger partial charge is 0.224 e. The molecule has 6 heteroatoms. The van der Waals surface area contributed by atoms with Crippen molar-refractivity contribution >= 4 is 23.1 Å². The number of aliphatic hydroxyl groups excluding tert-OH is 1. The molecule has 0 aliphatic carbocycles. The average molecular weight is 203 g/mol. The van der Waals surface area contributed by atoms with Crippen molar-refractivity contribution in [3.8, 4) is 0 Å². The Balaban J connectivity index is 2.59. The lowest BCUT2D eigenvalue weighted by molar-refractivity contribution is 0.292. The second kappa shape index (κ2) is 4.84. The summed E-state index contributed by atoms with van der Waals surface area (Å²) in [7, 11) is 0. The molecule has 0 amide bonds. The van der Waals surface area contributed by atoms with E-state index >= 15 is 0 Å². The van der Waals surface area contributed by atoms with Crippen LogP contribution in [0.5, 0.6) is 0 Å². The summed E-state index contributed by atoms with van der Waals surface area (Å²) in [5.74, 6) is 0.508. The van der Waals surface area contributed by atoms with Crippen LogP contribution in [0.1, 0.15) is 6.42 Å². The molecular formula is C7H11ClN4O. The van der Waals surface area contributed by atoms with Gasteiger partial charge in [0.15, 0.2) is 5.82 Å². The van der Waals surface area contributed by atoms with Gasteiger partial charge in [0.05, 0.1) is 11.9 Å². The largest absolute Gasteiger partial charge is 0.396 e. The van der Waals surface area contributed by atoms with Crippen molar-refractivity contribution in [3.63, 3.8) is 0 Å². The number of aliphatic hydroxyl groups is 1. The molecule has 0 aliphatic rings. The van der Waals surface area contributed by atoms with Gasteiger partial charge in [-0.05, 0) is 18.0 Å². The van der Waals surface area contributed by atoms with Gasteiger partial charge in [0.2, 0.25) is 5.28 Å². The number of nitrogens with zero attached hydrogens (tertiary/aromatic N) is 2. The van der Waals surface area contributed by atoms with Crippen molar-refractivity contribution in [1.82, 2.24) is 9.97 Å². The highest BCUT2D eigenvalue weighted by Crippen LogP contribution is 2.15. The lowest BCUT2D eigenvalue weighted by atomic mass is 10.4. The van der Waals surface area contributed by atoms with Crippen LogP contribution in [-0.4, -0.2) is 28.2 Å². The van der Waals surface area contributed by atoms with Crippen LogP contribution in [-0.2, 0) is 0 Å². The maximum Gasteiger partial charge on any atom is 0.224 e. The van der Waals surface area contributed by atoms with E-state index in [-0.39, 0.29) is 11.9 Å². The third-order valence-electron chi connectivity index (χ3n) is 1.41. The molecule has 1 aromatic heterocycles. The van der Waals surface area contributed by atoms with Gasteiger partial charge in [-0.3, -0.25) is 0 Å². The van der Waals surface area contributed by atoms with Crippen LogP contribution in [0.3, 0.4) is 0 Å². The SMILES string of the molecule is Nc1cnc(Cl)nc1NCCCO. The van der Waals surface area contributed by atoms with Crippen LogP contribution in [0.25, 0.3) is 0 Å². The Kier molecular flexibility index (Phi) is 3.72. The van der Waals surface area contributed by atoms with Crippen molar-refractivity contribution in [2.75, 3.05) is 24.2 Å². The van der Waals surface area contributed by atoms with Crippen LogP contribution < -0.4 is 11.1 Å². The number of hydrogen-bond acceptors (Lipinski definition) is 5. The first kappa shape index (κ1) is 10.0. The number of hydrogen-bond donors (Lipinski definition) is 3. The molecule has 1 aromatic rings. The summed E-state index contributed by atoms with van der Waals surface area (Å²) >= 11 is 5.56. The normalized spacial score (nSPS) is 10.0. The predicted molar refractivity (Wildman–Crippen MR) is 51.6 cm³/mol. The molecule has 0 saturated heterocycles. The second-order valence-electron chi connectivity index (χ2n) is 2.45. The maximum absolute atomic E-state index is 8.54. The van der Waals surface area contributed by atoms with E-state index in [0.717, 1.165) is 0 Å². The molecule has 0 aromatic carbocycles. The van der Waals surface area contributed by atoms with E-state index in [0.29, 0.717) is 24.5 Å². The molecular weight excluding hydrogens is 192 g/mol. The quantitative estimate of drug-likeness (QED) is 0.489. The first-order valence-corrected chi connectivity index (χ1v) is 4.24. The lowest BCUT2D eigenvalue weighted by Crippen LogP contribution is -2.08. The number of nitrogens with one attached hydrogen (secondary N) is 1. The molecule has 0 unspecified atom stereocenters. The number of rotatable bonds is 4. The molecule has 72 valence electrons. The molecule has 0 radical (unpaired) electrons. The second-order valence-corrected chi connectivity index (χ2v) is 2.78. The Bertz CT molecular complexity index is 281. The molecule has 0 fully saturated rings. The number of nitrogen functional groups attached to an aromatic ring is 1. The van der Waals surface area contributed by atoms with E-state index in [1.807, 2.05) is 0 Å².